The highest BCUT2D eigenvalue weighted by Crippen LogP contribution is 2.29. The highest BCUT2D eigenvalue weighted by Gasteiger charge is 2.32. The number of benzene rings is 1. The molecule has 32 heavy (non-hydrogen) atoms. The van der Waals surface area contributed by atoms with Gasteiger partial charge in [-0.3, -0.25) is 19.5 Å². The molecule has 3 heterocycles. The van der Waals surface area contributed by atoms with Crippen LogP contribution in [0.3, 0.4) is 0 Å². The largest absolute Gasteiger partial charge is 0.390 e. The van der Waals surface area contributed by atoms with Gasteiger partial charge in [-0.05, 0) is 5.56 Å². The van der Waals surface area contributed by atoms with E-state index in [-0.39, 0.29) is 18.1 Å². The molecular formula is C22H25F3N6O. The topological polar surface area (TPSA) is 70.1 Å². The molecule has 7 nitrogen and oxygen atoms in total. The summed E-state index contributed by atoms with van der Waals surface area (Å²) in [5.74, 6) is -0.304. The molecule has 1 aromatic carbocycles. The molecule has 1 amide bonds. The van der Waals surface area contributed by atoms with Crippen molar-refractivity contribution in [2.75, 3.05) is 20.6 Å². The molecule has 170 valence electrons. The number of halogens is 3. The maximum Gasteiger partial charge on any atom is 0.390 e. The molecule has 0 spiro atoms. The molecule has 3 aromatic rings. The van der Waals surface area contributed by atoms with Gasteiger partial charge in [0.05, 0.1) is 18.3 Å². The van der Waals surface area contributed by atoms with Crippen LogP contribution in [-0.2, 0) is 26.1 Å². The Hall–Kier alpha value is -3.14. The Morgan fingerprint density at radius 3 is 2.66 bits per heavy atom. The quantitative estimate of drug-likeness (QED) is 0.630. The van der Waals surface area contributed by atoms with Crippen molar-refractivity contribution >= 4 is 5.91 Å². The maximum atomic E-state index is 12.8. The first-order valence-electron chi connectivity index (χ1n) is 10.4. The molecule has 0 unspecified atom stereocenters. The van der Waals surface area contributed by atoms with Gasteiger partial charge in [0.25, 0.3) is 5.91 Å². The number of alkyl halides is 3. The predicted molar refractivity (Wildman–Crippen MR) is 113 cm³/mol. The van der Waals surface area contributed by atoms with E-state index in [9.17, 15) is 18.0 Å². The van der Waals surface area contributed by atoms with Crippen LogP contribution in [0.1, 0.15) is 33.7 Å². The zero-order chi connectivity index (χ0) is 22.9. The van der Waals surface area contributed by atoms with Crippen LogP contribution in [0.15, 0.2) is 36.5 Å². The Morgan fingerprint density at radius 1 is 1.22 bits per heavy atom. The van der Waals surface area contributed by atoms with Crippen LogP contribution in [0, 0.1) is 0 Å². The number of aromatic amines is 1. The lowest BCUT2D eigenvalue weighted by atomic mass is 10.0. The minimum absolute atomic E-state index is 0.229. The number of H-pyrrole nitrogens is 1. The highest BCUT2D eigenvalue weighted by molar-refractivity contribution is 5.93. The van der Waals surface area contributed by atoms with Gasteiger partial charge in [0, 0.05) is 63.5 Å². The van der Waals surface area contributed by atoms with Crippen LogP contribution in [0.4, 0.5) is 13.2 Å². The van der Waals surface area contributed by atoms with Crippen LogP contribution in [0.5, 0.6) is 0 Å². The molecule has 1 N–H and O–H groups in total. The van der Waals surface area contributed by atoms with Crippen molar-refractivity contribution in [1.82, 2.24) is 29.8 Å². The summed E-state index contributed by atoms with van der Waals surface area (Å²) < 4.78 is 39.7. The Balaban J connectivity index is 1.58. The van der Waals surface area contributed by atoms with Crippen molar-refractivity contribution in [3.8, 4) is 11.3 Å². The van der Waals surface area contributed by atoms with Gasteiger partial charge >= 0.3 is 6.18 Å². The normalized spacial score (nSPS) is 14.4. The first-order valence-corrected chi connectivity index (χ1v) is 10.4. The standard InChI is InChI=1S/C22H25F3N6O/c1-29(2)21(32)20-17-14-30(10-8-18(17)31(28-20)11-9-22(23,24)25)13-16-12-26-27-19(16)15-6-4-3-5-7-15/h3-7,12H,8-11,13-14H2,1-2H3,(H,26,27). The molecule has 0 bridgehead atoms. The van der Waals surface area contributed by atoms with Gasteiger partial charge < -0.3 is 4.90 Å². The van der Waals surface area contributed by atoms with Crippen molar-refractivity contribution in [3.63, 3.8) is 0 Å². The number of hydrogen-bond acceptors (Lipinski definition) is 4. The molecule has 2 aromatic heterocycles. The van der Waals surface area contributed by atoms with E-state index < -0.39 is 12.6 Å². The fourth-order valence-corrected chi connectivity index (χ4v) is 4.01. The van der Waals surface area contributed by atoms with E-state index >= 15 is 0 Å². The summed E-state index contributed by atoms with van der Waals surface area (Å²) in [6.07, 6.45) is -2.94. The van der Waals surface area contributed by atoms with E-state index in [2.05, 4.69) is 20.2 Å². The molecule has 0 saturated heterocycles. The van der Waals surface area contributed by atoms with Crippen LogP contribution in [-0.4, -0.2) is 62.5 Å². The van der Waals surface area contributed by atoms with E-state index in [1.54, 1.807) is 20.3 Å². The molecule has 10 heteroatoms. The summed E-state index contributed by atoms with van der Waals surface area (Å²) in [5, 5.41) is 11.5. The number of carbonyl (C=O) groups excluding carboxylic acids is 1. The fourth-order valence-electron chi connectivity index (χ4n) is 4.01. The molecule has 4 rings (SSSR count). The molecule has 1 aliphatic rings. The third-order valence-electron chi connectivity index (χ3n) is 5.60. The van der Waals surface area contributed by atoms with Crippen molar-refractivity contribution in [1.29, 1.82) is 0 Å². The Labute approximate surface area is 183 Å². The van der Waals surface area contributed by atoms with Crippen molar-refractivity contribution in [2.24, 2.45) is 0 Å². The number of hydrogen-bond donors (Lipinski definition) is 1. The van der Waals surface area contributed by atoms with E-state index in [1.165, 1.54) is 9.58 Å². The van der Waals surface area contributed by atoms with E-state index in [0.29, 0.717) is 37.3 Å². The van der Waals surface area contributed by atoms with E-state index in [0.717, 1.165) is 16.8 Å². The third-order valence-corrected chi connectivity index (χ3v) is 5.60. The lowest BCUT2D eigenvalue weighted by Gasteiger charge is -2.28. The number of rotatable bonds is 6. The number of fused-ring (bicyclic) bond motifs is 1. The van der Waals surface area contributed by atoms with E-state index in [1.807, 2.05) is 30.3 Å². The predicted octanol–water partition coefficient (Wildman–Crippen LogP) is 3.49. The van der Waals surface area contributed by atoms with Gasteiger partial charge in [-0.15, -0.1) is 0 Å². The van der Waals surface area contributed by atoms with Crippen LogP contribution < -0.4 is 0 Å². The smallest absolute Gasteiger partial charge is 0.343 e. The zero-order valence-electron chi connectivity index (χ0n) is 18.0. The van der Waals surface area contributed by atoms with Crippen LogP contribution in [0.25, 0.3) is 11.3 Å². The van der Waals surface area contributed by atoms with Gasteiger partial charge in [-0.1, -0.05) is 30.3 Å². The highest BCUT2D eigenvalue weighted by atomic mass is 19.4. The summed E-state index contributed by atoms with van der Waals surface area (Å²) in [4.78, 5) is 16.3. The van der Waals surface area contributed by atoms with E-state index in [4.69, 9.17) is 0 Å². The van der Waals surface area contributed by atoms with Gasteiger partial charge in [-0.2, -0.15) is 23.4 Å². The summed E-state index contributed by atoms with van der Waals surface area (Å²) in [6.45, 7) is 1.41. The number of aryl methyl sites for hydroxylation is 1. The molecule has 0 saturated carbocycles. The van der Waals surface area contributed by atoms with Crippen LogP contribution in [0.2, 0.25) is 0 Å². The van der Waals surface area contributed by atoms with Gasteiger partial charge in [0.15, 0.2) is 5.69 Å². The summed E-state index contributed by atoms with van der Waals surface area (Å²) in [7, 11) is 3.23. The number of nitrogens with zero attached hydrogens (tertiary/aromatic N) is 5. The molecule has 0 atom stereocenters. The number of carbonyl (C=O) groups is 1. The molecule has 0 aliphatic carbocycles. The molecule has 0 radical (unpaired) electrons. The number of amides is 1. The van der Waals surface area contributed by atoms with Crippen molar-refractivity contribution < 1.29 is 18.0 Å². The van der Waals surface area contributed by atoms with Crippen molar-refractivity contribution in [3.05, 3.63) is 59.0 Å². The molecule has 0 fully saturated rings. The second-order valence-corrected chi connectivity index (χ2v) is 8.16. The Bertz CT molecular complexity index is 1090. The fraction of sp³-hybridized carbons (Fsp3) is 0.409. The third kappa shape index (κ3) is 4.69. The minimum Gasteiger partial charge on any atom is -0.343 e. The monoisotopic (exact) mass is 446 g/mol. The second-order valence-electron chi connectivity index (χ2n) is 8.16. The Kier molecular flexibility index (Phi) is 6.05. The first kappa shape index (κ1) is 22.1. The van der Waals surface area contributed by atoms with Gasteiger partial charge in [0.1, 0.15) is 0 Å². The van der Waals surface area contributed by atoms with Crippen LogP contribution >= 0.6 is 0 Å². The maximum absolute atomic E-state index is 12.8. The Morgan fingerprint density at radius 2 is 1.97 bits per heavy atom. The SMILES string of the molecule is CN(C)C(=O)c1nn(CCC(F)(F)F)c2c1CN(Cc1cn[nH]c1-c1ccccc1)CC2. The number of nitrogens with one attached hydrogen (secondary N) is 1. The zero-order valence-corrected chi connectivity index (χ0v) is 18.0. The summed E-state index contributed by atoms with van der Waals surface area (Å²) in [6, 6.07) is 9.88. The first-order chi connectivity index (χ1) is 15.2. The average Bonchev–Trinajstić information content (AvgIpc) is 3.36. The second kappa shape index (κ2) is 8.78. The molecular weight excluding hydrogens is 421 g/mol. The number of aromatic nitrogens is 4. The van der Waals surface area contributed by atoms with Crippen molar-refractivity contribution in [2.45, 2.75) is 38.7 Å². The average molecular weight is 446 g/mol. The molecule has 1 aliphatic heterocycles. The lowest BCUT2D eigenvalue weighted by Crippen LogP contribution is -2.32. The summed E-state index contributed by atoms with van der Waals surface area (Å²) >= 11 is 0. The minimum atomic E-state index is -4.28. The van der Waals surface area contributed by atoms with Gasteiger partial charge in [0.2, 0.25) is 0 Å². The van der Waals surface area contributed by atoms with Gasteiger partial charge in [-0.25, -0.2) is 0 Å². The lowest BCUT2D eigenvalue weighted by molar-refractivity contribution is -0.137. The summed E-state index contributed by atoms with van der Waals surface area (Å²) in [5.41, 5.74) is 4.63.